The Morgan fingerprint density at radius 3 is 2.52 bits per heavy atom. The Kier molecular flexibility index (Phi) is 4.53. The summed E-state index contributed by atoms with van der Waals surface area (Å²) in [5.74, 6) is 6.06. The number of hydrogen-bond donors (Lipinski definition) is 0. The highest BCUT2D eigenvalue weighted by atomic mass is 14.6. The summed E-state index contributed by atoms with van der Waals surface area (Å²) in [4.78, 5) is 0. The van der Waals surface area contributed by atoms with Gasteiger partial charge in [0, 0.05) is 0 Å². The summed E-state index contributed by atoms with van der Waals surface area (Å²) in [5.41, 5.74) is 6.17. The van der Waals surface area contributed by atoms with Crippen LogP contribution in [-0.4, -0.2) is 0 Å². The highest BCUT2D eigenvalue weighted by Gasteiger charge is 2.55. The van der Waals surface area contributed by atoms with E-state index in [1.54, 1.807) is 24.5 Å². The molecule has 2 saturated carbocycles. The minimum absolute atomic E-state index is 0.562. The Morgan fingerprint density at radius 2 is 1.84 bits per heavy atom. The summed E-state index contributed by atoms with van der Waals surface area (Å²) in [6.07, 6.45) is 16.2. The molecule has 0 aromatic heterocycles. The first kappa shape index (κ1) is 17.6. The molecule has 0 saturated heterocycles. The fraction of sp³-hybridized carbons (Fsp3) is 0.760. The van der Waals surface area contributed by atoms with Gasteiger partial charge in [0.2, 0.25) is 0 Å². The van der Waals surface area contributed by atoms with Gasteiger partial charge in [-0.15, -0.1) is 6.58 Å². The molecule has 5 rings (SSSR count). The van der Waals surface area contributed by atoms with Gasteiger partial charge in [-0.2, -0.15) is 0 Å². The Labute approximate surface area is 155 Å². The standard InChI is InChI=1S/C22H32.C3H6/c1-13-12-15-5-6-17-19(21(15)18-8-7-16(13)18)10-11-22(3)14(2)4-9-20(17)22;1-3-2/h4,13,15,17,19-21H,5-12H2,1-3H3;3H,1H2,2H3. The molecule has 0 heterocycles. The van der Waals surface area contributed by atoms with Gasteiger partial charge in [0.25, 0.3) is 0 Å². The molecule has 0 radical (unpaired) electrons. The zero-order valence-corrected chi connectivity index (χ0v) is 17.0. The van der Waals surface area contributed by atoms with E-state index >= 15 is 0 Å². The molecule has 0 aliphatic heterocycles. The molecule has 7 atom stereocenters. The molecule has 0 N–H and O–H groups in total. The maximum atomic E-state index is 3.36. The van der Waals surface area contributed by atoms with Gasteiger partial charge >= 0.3 is 0 Å². The Balaban J connectivity index is 0.000000490. The lowest BCUT2D eigenvalue weighted by molar-refractivity contribution is -0.0292. The van der Waals surface area contributed by atoms with Crippen molar-refractivity contribution in [3.63, 3.8) is 0 Å². The van der Waals surface area contributed by atoms with Gasteiger partial charge in [0.15, 0.2) is 0 Å². The van der Waals surface area contributed by atoms with Crippen LogP contribution >= 0.6 is 0 Å². The molecule has 0 aromatic carbocycles. The molecular weight excluding hydrogens is 300 g/mol. The predicted octanol–water partition coefficient (Wildman–Crippen LogP) is 7.33. The summed E-state index contributed by atoms with van der Waals surface area (Å²) in [5, 5.41) is 0. The van der Waals surface area contributed by atoms with Gasteiger partial charge in [-0.3, -0.25) is 0 Å². The zero-order valence-electron chi connectivity index (χ0n) is 17.0. The number of fused-ring (bicyclic) bond motifs is 6. The van der Waals surface area contributed by atoms with E-state index in [9.17, 15) is 0 Å². The molecule has 5 aliphatic rings. The fourth-order valence-electron chi connectivity index (χ4n) is 7.66. The second-order valence-corrected chi connectivity index (χ2v) is 9.97. The van der Waals surface area contributed by atoms with Gasteiger partial charge < -0.3 is 0 Å². The third-order valence-corrected chi connectivity index (χ3v) is 9.03. The van der Waals surface area contributed by atoms with E-state index in [4.69, 9.17) is 0 Å². The van der Waals surface area contributed by atoms with Gasteiger partial charge in [-0.1, -0.05) is 42.7 Å². The van der Waals surface area contributed by atoms with Crippen molar-refractivity contribution in [2.75, 3.05) is 0 Å². The monoisotopic (exact) mass is 338 g/mol. The van der Waals surface area contributed by atoms with Gasteiger partial charge in [-0.25, -0.2) is 0 Å². The van der Waals surface area contributed by atoms with Crippen molar-refractivity contribution < 1.29 is 0 Å². The van der Waals surface area contributed by atoms with Gasteiger partial charge in [0.05, 0.1) is 0 Å². The third kappa shape index (κ3) is 2.54. The molecule has 0 spiro atoms. The van der Waals surface area contributed by atoms with E-state index in [2.05, 4.69) is 33.4 Å². The Morgan fingerprint density at radius 1 is 1.12 bits per heavy atom. The van der Waals surface area contributed by atoms with Crippen LogP contribution < -0.4 is 0 Å². The molecule has 2 fully saturated rings. The first-order valence-corrected chi connectivity index (χ1v) is 11.0. The predicted molar refractivity (Wildman–Crippen MR) is 108 cm³/mol. The zero-order chi connectivity index (χ0) is 17.8. The van der Waals surface area contributed by atoms with Crippen LogP contribution in [-0.2, 0) is 0 Å². The van der Waals surface area contributed by atoms with Crippen LogP contribution in [0.3, 0.4) is 0 Å². The smallest absolute Gasteiger partial charge is 0.00851 e. The van der Waals surface area contributed by atoms with Crippen LogP contribution in [0.4, 0.5) is 0 Å². The summed E-state index contributed by atoms with van der Waals surface area (Å²) < 4.78 is 0. The number of rotatable bonds is 0. The maximum absolute atomic E-state index is 3.36. The number of hydrogen-bond acceptors (Lipinski definition) is 0. The summed E-state index contributed by atoms with van der Waals surface area (Å²) >= 11 is 0. The largest absolute Gasteiger partial charge is 0.103 e. The first-order valence-electron chi connectivity index (χ1n) is 11.0. The van der Waals surface area contributed by atoms with E-state index in [-0.39, 0.29) is 0 Å². The normalized spacial score (nSPS) is 47.1. The van der Waals surface area contributed by atoms with Crippen molar-refractivity contribution >= 4 is 0 Å². The maximum Gasteiger partial charge on any atom is -0.00851 e. The van der Waals surface area contributed by atoms with E-state index in [0.29, 0.717) is 5.41 Å². The molecule has 7 unspecified atom stereocenters. The first-order chi connectivity index (χ1) is 12.0. The topological polar surface area (TPSA) is 0 Å². The molecule has 0 bridgehead atoms. The van der Waals surface area contributed by atoms with Crippen molar-refractivity contribution in [1.29, 1.82) is 0 Å². The lowest BCUT2D eigenvalue weighted by Gasteiger charge is -2.58. The van der Waals surface area contributed by atoms with Crippen LogP contribution in [0.1, 0.15) is 79.1 Å². The minimum atomic E-state index is 0.562. The van der Waals surface area contributed by atoms with Crippen molar-refractivity contribution in [3.05, 3.63) is 35.5 Å². The van der Waals surface area contributed by atoms with E-state index < -0.39 is 0 Å². The summed E-state index contributed by atoms with van der Waals surface area (Å²) in [6, 6.07) is 0. The highest BCUT2D eigenvalue weighted by Crippen LogP contribution is 2.65. The molecule has 0 aromatic rings. The van der Waals surface area contributed by atoms with Crippen molar-refractivity contribution in [3.8, 4) is 0 Å². The molecule has 0 amide bonds. The van der Waals surface area contributed by atoms with Crippen LogP contribution in [0.25, 0.3) is 0 Å². The van der Waals surface area contributed by atoms with E-state index in [1.165, 1.54) is 38.5 Å². The molecule has 0 nitrogen and oxygen atoms in total. The van der Waals surface area contributed by atoms with Crippen molar-refractivity contribution in [1.82, 2.24) is 0 Å². The molecule has 0 heteroatoms. The van der Waals surface area contributed by atoms with Gasteiger partial charge in [0.1, 0.15) is 0 Å². The minimum Gasteiger partial charge on any atom is -0.103 e. The highest BCUT2D eigenvalue weighted by molar-refractivity contribution is 5.34. The van der Waals surface area contributed by atoms with Crippen LogP contribution in [0.2, 0.25) is 0 Å². The SMILES string of the molecule is C=CC.CC1=CCC2C3CCC4CC(C)C5=C(CC5)C4C3CCC12C. The quantitative estimate of drug-likeness (QED) is 0.405. The van der Waals surface area contributed by atoms with Crippen molar-refractivity contribution in [2.45, 2.75) is 79.1 Å². The van der Waals surface area contributed by atoms with Crippen LogP contribution in [0.15, 0.2) is 35.5 Å². The lowest BCUT2D eigenvalue weighted by atomic mass is 9.47. The van der Waals surface area contributed by atoms with E-state index in [1.807, 2.05) is 18.1 Å². The second-order valence-electron chi connectivity index (χ2n) is 9.97. The summed E-state index contributed by atoms with van der Waals surface area (Å²) in [6.45, 7) is 12.8. The average Bonchev–Trinajstić information content (AvgIpc) is 2.84. The molecule has 25 heavy (non-hydrogen) atoms. The molecule has 5 aliphatic carbocycles. The Bertz CT molecular complexity index is 606. The fourth-order valence-corrected chi connectivity index (χ4v) is 7.66. The molecular formula is C25H38. The van der Waals surface area contributed by atoms with E-state index in [0.717, 1.165) is 35.5 Å². The molecule has 138 valence electrons. The van der Waals surface area contributed by atoms with Crippen molar-refractivity contribution in [2.24, 2.45) is 40.9 Å². The second kappa shape index (κ2) is 6.43. The third-order valence-electron chi connectivity index (χ3n) is 9.03. The van der Waals surface area contributed by atoms with Crippen LogP contribution in [0, 0.1) is 40.9 Å². The summed E-state index contributed by atoms with van der Waals surface area (Å²) in [7, 11) is 0. The average molecular weight is 339 g/mol. The Hall–Kier alpha value is -0.780. The lowest BCUT2D eigenvalue weighted by Crippen LogP contribution is -2.49. The van der Waals surface area contributed by atoms with Gasteiger partial charge in [-0.05, 0) is 106 Å². The van der Waals surface area contributed by atoms with Crippen LogP contribution in [0.5, 0.6) is 0 Å². The number of allylic oxidation sites excluding steroid dienone is 5.